The fourth-order valence-electron chi connectivity index (χ4n) is 3.11. The minimum Gasteiger partial charge on any atom is -0.506 e. The van der Waals surface area contributed by atoms with Crippen LogP contribution < -0.4 is 5.56 Å². The zero-order chi connectivity index (χ0) is 15.4. The number of nitrogens with one attached hydrogen (secondary N) is 1. The van der Waals surface area contributed by atoms with Gasteiger partial charge in [0.2, 0.25) is 0 Å². The molecule has 5 rings (SSSR count). The number of aromatic nitrogens is 2. The van der Waals surface area contributed by atoms with Crippen molar-refractivity contribution in [3.8, 4) is 0 Å². The molecule has 8 heteroatoms. The van der Waals surface area contributed by atoms with Gasteiger partial charge in [0.15, 0.2) is 7.14 Å². The molecule has 1 saturated heterocycles. The van der Waals surface area contributed by atoms with E-state index in [-0.39, 0.29) is 22.2 Å². The predicted molar refractivity (Wildman–Crippen MR) is 84.4 cm³/mol. The van der Waals surface area contributed by atoms with Gasteiger partial charge in [0, 0.05) is 15.9 Å². The number of rotatable bonds is 1. The fraction of sp³-hybridized carbons (Fsp3) is 0. The summed E-state index contributed by atoms with van der Waals surface area (Å²) in [7, 11) is -2.71. The van der Waals surface area contributed by atoms with Crippen LogP contribution in [0.3, 0.4) is 0 Å². The molecule has 0 spiro atoms. The van der Waals surface area contributed by atoms with Crippen LogP contribution in [0.1, 0.15) is 5.82 Å². The van der Waals surface area contributed by atoms with Crippen molar-refractivity contribution in [3.63, 3.8) is 0 Å². The number of H-pyrrole nitrogens is 1. The highest BCUT2D eigenvalue weighted by atomic mass is 35.5. The van der Waals surface area contributed by atoms with E-state index in [4.69, 9.17) is 23.2 Å². The Morgan fingerprint density at radius 2 is 1.95 bits per heavy atom. The maximum absolute atomic E-state index is 12.5. The molecule has 2 aromatic rings. The van der Waals surface area contributed by atoms with E-state index in [1.54, 1.807) is 12.1 Å². The van der Waals surface area contributed by atoms with Crippen LogP contribution >= 0.6 is 30.3 Å². The molecular formula is C14H5Cl2N2O3P. The summed E-state index contributed by atoms with van der Waals surface area (Å²) in [5.41, 5.74) is 0.584. The van der Waals surface area contributed by atoms with Crippen LogP contribution in [-0.4, -0.2) is 15.1 Å². The molecule has 0 saturated carbocycles. The molecule has 22 heavy (non-hydrogen) atoms. The third-order valence-electron chi connectivity index (χ3n) is 4.14. The summed E-state index contributed by atoms with van der Waals surface area (Å²) in [5, 5.41) is 12.1. The van der Waals surface area contributed by atoms with Crippen LogP contribution in [0.5, 0.6) is 0 Å². The molecule has 3 aliphatic heterocycles. The molecule has 108 valence electrons. The van der Waals surface area contributed by atoms with E-state index in [9.17, 15) is 14.5 Å². The minimum atomic E-state index is -2.71. The Balaban J connectivity index is 1.82. The second kappa shape index (κ2) is 3.57. The minimum absolute atomic E-state index is 0.0157. The van der Waals surface area contributed by atoms with Crippen LogP contribution in [0.15, 0.2) is 49.7 Å². The first-order chi connectivity index (χ1) is 10.4. The largest absolute Gasteiger partial charge is 0.506 e. The van der Waals surface area contributed by atoms with Crippen molar-refractivity contribution < 1.29 is 9.67 Å². The van der Waals surface area contributed by atoms with Crippen LogP contribution in [0.25, 0.3) is 16.5 Å². The van der Waals surface area contributed by atoms with Crippen molar-refractivity contribution >= 4 is 46.8 Å². The van der Waals surface area contributed by atoms with Gasteiger partial charge in [0.05, 0.1) is 26.6 Å². The van der Waals surface area contributed by atoms with Gasteiger partial charge in [-0.1, -0.05) is 23.2 Å². The van der Waals surface area contributed by atoms with E-state index in [1.165, 1.54) is 6.07 Å². The van der Waals surface area contributed by atoms with Gasteiger partial charge in [-0.15, -0.1) is 0 Å². The van der Waals surface area contributed by atoms with Gasteiger partial charge in [-0.3, -0.25) is 4.79 Å². The number of fused-ring (bicyclic) bond motifs is 2. The van der Waals surface area contributed by atoms with Gasteiger partial charge in [0.1, 0.15) is 11.6 Å². The van der Waals surface area contributed by atoms with Crippen LogP contribution in [0, 0.1) is 0 Å². The number of aliphatic hydroxyl groups excluding tert-OH is 1. The van der Waals surface area contributed by atoms with E-state index in [0.717, 1.165) is 0 Å². The molecule has 1 atom stereocenters. The molecular weight excluding hydrogens is 346 g/mol. The lowest BCUT2D eigenvalue weighted by Crippen LogP contribution is -2.12. The average molecular weight is 351 g/mol. The van der Waals surface area contributed by atoms with E-state index >= 15 is 0 Å². The second-order valence-electron chi connectivity index (χ2n) is 5.27. The molecule has 0 amide bonds. The van der Waals surface area contributed by atoms with Crippen molar-refractivity contribution in [2.75, 3.05) is 0 Å². The number of hydrogen-bond donors (Lipinski definition) is 2. The second-order valence-corrected chi connectivity index (χ2v) is 8.64. The SMILES string of the molecule is O=c1[nH]c(C2=C3C4=C(O)C(=C2Cl)P43=O)nc2ccc(Cl)cc12. The number of nitrogens with zero attached hydrogens (tertiary/aromatic N) is 1. The maximum Gasteiger partial charge on any atom is 0.259 e. The third kappa shape index (κ3) is 1.19. The first-order valence-electron chi connectivity index (χ1n) is 6.34. The Kier molecular flexibility index (Phi) is 2.06. The predicted octanol–water partition coefficient (Wildman–Crippen LogP) is 3.91. The van der Waals surface area contributed by atoms with Gasteiger partial charge in [-0.2, -0.15) is 0 Å². The molecule has 1 aromatic carbocycles. The Bertz CT molecular complexity index is 1160. The highest BCUT2D eigenvalue weighted by Gasteiger charge is 2.72. The smallest absolute Gasteiger partial charge is 0.259 e. The Morgan fingerprint density at radius 3 is 2.64 bits per heavy atom. The van der Waals surface area contributed by atoms with Gasteiger partial charge in [0.25, 0.3) is 5.56 Å². The summed E-state index contributed by atoms with van der Waals surface area (Å²) in [6.07, 6.45) is 0. The highest BCUT2D eigenvalue weighted by molar-refractivity contribution is 7.89. The zero-order valence-electron chi connectivity index (χ0n) is 10.6. The Labute approximate surface area is 133 Å². The molecule has 4 heterocycles. The number of allylic oxidation sites excluding steroid dienone is 5. The highest BCUT2D eigenvalue weighted by Crippen LogP contribution is 3.00. The van der Waals surface area contributed by atoms with Crippen LogP contribution in [-0.2, 0) is 4.57 Å². The quantitative estimate of drug-likeness (QED) is 0.763. The van der Waals surface area contributed by atoms with Crippen LogP contribution in [0.4, 0.5) is 0 Å². The number of hydrogen-bond acceptors (Lipinski definition) is 4. The third-order valence-corrected chi connectivity index (χ3v) is 7.86. The number of halogens is 2. The summed E-state index contributed by atoms with van der Waals surface area (Å²) in [5.74, 6) is 0.277. The summed E-state index contributed by atoms with van der Waals surface area (Å²) < 4.78 is 12.5. The standard InChI is InChI=1S/C14H5Cl2N2O3P/c15-4-1-2-6-5(3-4)14(20)18-13(17-6)7-8(16)11-9(19)12-10(7)22(11,12)21/h1-3,19H,(H,17,18,20). The zero-order valence-corrected chi connectivity index (χ0v) is 13.1. The number of aromatic amines is 1. The monoisotopic (exact) mass is 350 g/mol. The molecule has 1 fully saturated rings. The first kappa shape index (κ1) is 12.7. The van der Waals surface area contributed by atoms with Crippen molar-refractivity contribution in [1.82, 2.24) is 9.97 Å². The molecule has 5 nitrogen and oxygen atoms in total. The Morgan fingerprint density at radius 1 is 1.18 bits per heavy atom. The van der Waals surface area contributed by atoms with E-state index in [1.807, 2.05) is 0 Å². The summed E-state index contributed by atoms with van der Waals surface area (Å²) in [4.78, 5) is 19.2. The Hall–Kier alpha value is -1.81. The molecule has 1 aromatic heterocycles. The maximum atomic E-state index is 12.5. The fourth-order valence-corrected chi connectivity index (χ4v) is 6.95. The van der Waals surface area contributed by atoms with E-state index in [0.29, 0.717) is 37.4 Å². The van der Waals surface area contributed by atoms with Gasteiger partial charge < -0.3 is 14.7 Å². The van der Waals surface area contributed by atoms with Gasteiger partial charge >= 0.3 is 0 Å². The van der Waals surface area contributed by atoms with Gasteiger partial charge in [-0.25, -0.2) is 4.98 Å². The molecule has 0 bridgehead atoms. The lowest BCUT2D eigenvalue weighted by molar-refractivity contribution is 0.423. The van der Waals surface area contributed by atoms with E-state index in [2.05, 4.69) is 9.97 Å². The van der Waals surface area contributed by atoms with Crippen molar-refractivity contribution in [2.24, 2.45) is 0 Å². The average Bonchev–Trinajstić information content (AvgIpc) is 2.91. The van der Waals surface area contributed by atoms with Crippen LogP contribution in [0.2, 0.25) is 5.02 Å². The van der Waals surface area contributed by atoms with Crippen molar-refractivity contribution in [2.45, 2.75) is 0 Å². The molecule has 0 aliphatic carbocycles. The first-order valence-corrected chi connectivity index (χ1v) is 8.81. The topological polar surface area (TPSA) is 83.0 Å². The normalized spacial score (nSPS) is 25.0. The number of aliphatic hydroxyl groups is 1. The van der Waals surface area contributed by atoms with Crippen molar-refractivity contribution in [3.05, 3.63) is 66.1 Å². The molecule has 3 aliphatic rings. The molecule has 1 unspecified atom stereocenters. The summed E-state index contributed by atoms with van der Waals surface area (Å²) >= 11 is 12.1. The lowest BCUT2D eigenvalue weighted by Gasteiger charge is -2.14. The van der Waals surface area contributed by atoms with E-state index < -0.39 is 7.14 Å². The van der Waals surface area contributed by atoms with Gasteiger partial charge in [-0.05, 0) is 18.2 Å². The molecule has 2 N–H and O–H groups in total. The summed E-state index contributed by atoms with van der Waals surface area (Å²) in [6.45, 7) is 0. The lowest BCUT2D eigenvalue weighted by atomic mass is 10.1. The molecule has 0 radical (unpaired) electrons. The summed E-state index contributed by atoms with van der Waals surface area (Å²) in [6, 6.07) is 4.81. The van der Waals surface area contributed by atoms with Crippen molar-refractivity contribution in [1.29, 1.82) is 0 Å². The number of benzene rings is 1.